The third-order valence-corrected chi connectivity index (χ3v) is 3.15. The van der Waals surface area contributed by atoms with Crippen LogP contribution >= 0.6 is 0 Å². The van der Waals surface area contributed by atoms with Crippen molar-refractivity contribution in [1.29, 1.82) is 0 Å². The van der Waals surface area contributed by atoms with Gasteiger partial charge in [-0.2, -0.15) is 0 Å². The van der Waals surface area contributed by atoms with Gasteiger partial charge in [0.05, 0.1) is 0 Å². The van der Waals surface area contributed by atoms with Crippen LogP contribution in [0.4, 0.5) is 5.82 Å². The number of hydrogen-bond donors (Lipinski definition) is 2. The minimum atomic E-state index is -0.111. The number of rotatable bonds is 3. The van der Waals surface area contributed by atoms with Gasteiger partial charge >= 0.3 is 0 Å². The molecule has 1 heterocycles. The molecule has 0 aliphatic carbocycles. The van der Waals surface area contributed by atoms with Crippen LogP contribution in [0.15, 0.2) is 36.5 Å². The van der Waals surface area contributed by atoms with E-state index >= 15 is 0 Å². The summed E-state index contributed by atoms with van der Waals surface area (Å²) in [4.78, 5) is 4.12. The summed E-state index contributed by atoms with van der Waals surface area (Å²) in [5.41, 5.74) is 16.7. The Morgan fingerprint density at radius 3 is 2.67 bits per heavy atom. The van der Waals surface area contributed by atoms with Gasteiger partial charge in [-0.25, -0.2) is 4.98 Å². The SMILES string of the molecule is Cc1cccc(CC(N)c2c(C)ccnc2N)c1. The molecule has 4 N–H and O–H groups in total. The molecule has 1 aromatic carbocycles. The summed E-state index contributed by atoms with van der Waals surface area (Å²) in [6.45, 7) is 4.10. The van der Waals surface area contributed by atoms with Crippen molar-refractivity contribution < 1.29 is 0 Å². The van der Waals surface area contributed by atoms with Crippen LogP contribution in [0.5, 0.6) is 0 Å². The third kappa shape index (κ3) is 2.68. The van der Waals surface area contributed by atoms with Crippen molar-refractivity contribution in [3.8, 4) is 0 Å². The molecule has 2 aromatic rings. The second kappa shape index (κ2) is 5.19. The molecule has 2 rings (SSSR count). The van der Waals surface area contributed by atoms with Crippen LogP contribution in [0.3, 0.4) is 0 Å². The average molecular weight is 241 g/mol. The molecule has 0 saturated heterocycles. The molecule has 3 heteroatoms. The molecule has 1 aromatic heterocycles. The van der Waals surface area contributed by atoms with Crippen molar-refractivity contribution in [2.45, 2.75) is 26.3 Å². The van der Waals surface area contributed by atoms with Crippen molar-refractivity contribution in [1.82, 2.24) is 4.98 Å². The summed E-state index contributed by atoms with van der Waals surface area (Å²) >= 11 is 0. The molecule has 0 aliphatic heterocycles. The Morgan fingerprint density at radius 2 is 2.00 bits per heavy atom. The molecule has 18 heavy (non-hydrogen) atoms. The summed E-state index contributed by atoms with van der Waals surface area (Å²) in [7, 11) is 0. The van der Waals surface area contributed by atoms with E-state index in [2.05, 4.69) is 36.2 Å². The summed E-state index contributed by atoms with van der Waals surface area (Å²) < 4.78 is 0. The topological polar surface area (TPSA) is 64.9 Å². The van der Waals surface area contributed by atoms with Crippen molar-refractivity contribution in [2.24, 2.45) is 5.73 Å². The van der Waals surface area contributed by atoms with Crippen molar-refractivity contribution in [3.05, 3.63) is 58.8 Å². The first kappa shape index (κ1) is 12.6. The van der Waals surface area contributed by atoms with E-state index in [1.165, 1.54) is 11.1 Å². The van der Waals surface area contributed by atoms with Crippen LogP contribution in [-0.2, 0) is 6.42 Å². The van der Waals surface area contributed by atoms with E-state index in [4.69, 9.17) is 11.5 Å². The predicted molar refractivity (Wildman–Crippen MR) is 75.2 cm³/mol. The third-order valence-electron chi connectivity index (χ3n) is 3.15. The number of nitrogens with zero attached hydrogens (tertiary/aromatic N) is 1. The molecule has 0 radical (unpaired) electrons. The fourth-order valence-corrected chi connectivity index (χ4v) is 2.27. The number of pyridine rings is 1. The van der Waals surface area contributed by atoms with Gasteiger partial charge in [-0.1, -0.05) is 29.8 Å². The van der Waals surface area contributed by atoms with Crippen molar-refractivity contribution >= 4 is 5.82 Å². The molecule has 1 atom stereocenters. The number of nitrogens with two attached hydrogens (primary N) is 2. The number of hydrogen-bond acceptors (Lipinski definition) is 3. The summed E-state index contributed by atoms with van der Waals surface area (Å²) in [5, 5.41) is 0. The first-order valence-corrected chi connectivity index (χ1v) is 6.10. The lowest BCUT2D eigenvalue weighted by Gasteiger charge is -2.16. The fraction of sp³-hybridized carbons (Fsp3) is 0.267. The van der Waals surface area contributed by atoms with Gasteiger partial charge in [0.25, 0.3) is 0 Å². The molecule has 3 nitrogen and oxygen atoms in total. The normalized spacial score (nSPS) is 12.4. The average Bonchev–Trinajstić information content (AvgIpc) is 2.28. The molecule has 0 bridgehead atoms. The Morgan fingerprint density at radius 1 is 1.22 bits per heavy atom. The molecule has 0 aliphatic rings. The van der Waals surface area contributed by atoms with E-state index in [-0.39, 0.29) is 6.04 Å². The Labute approximate surface area is 108 Å². The van der Waals surface area contributed by atoms with Gasteiger partial charge in [-0.3, -0.25) is 0 Å². The van der Waals surface area contributed by atoms with Crippen LogP contribution in [0, 0.1) is 13.8 Å². The van der Waals surface area contributed by atoms with Gasteiger partial charge in [0.15, 0.2) is 0 Å². The van der Waals surface area contributed by atoms with Gasteiger partial charge < -0.3 is 11.5 Å². The van der Waals surface area contributed by atoms with E-state index in [1.807, 2.05) is 13.0 Å². The van der Waals surface area contributed by atoms with Crippen LogP contribution in [0.25, 0.3) is 0 Å². The van der Waals surface area contributed by atoms with Crippen molar-refractivity contribution in [3.63, 3.8) is 0 Å². The maximum atomic E-state index is 6.26. The van der Waals surface area contributed by atoms with Crippen LogP contribution < -0.4 is 11.5 Å². The van der Waals surface area contributed by atoms with Crippen LogP contribution in [0.1, 0.15) is 28.3 Å². The summed E-state index contributed by atoms with van der Waals surface area (Å²) in [6.07, 6.45) is 2.49. The highest BCUT2D eigenvalue weighted by Gasteiger charge is 2.13. The predicted octanol–water partition coefficient (Wildman–Crippen LogP) is 2.52. The smallest absolute Gasteiger partial charge is 0.128 e. The largest absolute Gasteiger partial charge is 0.383 e. The number of aromatic nitrogens is 1. The second-order valence-corrected chi connectivity index (χ2v) is 4.73. The highest BCUT2D eigenvalue weighted by Crippen LogP contribution is 2.23. The molecular weight excluding hydrogens is 222 g/mol. The summed E-state index contributed by atoms with van der Waals surface area (Å²) in [5.74, 6) is 0.537. The van der Waals surface area contributed by atoms with Gasteiger partial charge in [-0.05, 0) is 37.5 Å². The zero-order chi connectivity index (χ0) is 13.1. The number of nitrogen functional groups attached to an aromatic ring is 1. The lowest BCUT2D eigenvalue weighted by Crippen LogP contribution is -2.17. The van der Waals surface area contributed by atoms with Gasteiger partial charge in [-0.15, -0.1) is 0 Å². The van der Waals surface area contributed by atoms with E-state index in [0.29, 0.717) is 5.82 Å². The Hall–Kier alpha value is -1.87. The number of anilines is 1. The molecular formula is C15H19N3. The Bertz CT molecular complexity index is 529. The quantitative estimate of drug-likeness (QED) is 0.867. The van der Waals surface area contributed by atoms with Gasteiger partial charge in [0.1, 0.15) is 5.82 Å². The molecule has 0 fully saturated rings. The molecule has 0 saturated carbocycles. The number of aryl methyl sites for hydroxylation is 2. The first-order chi connectivity index (χ1) is 8.58. The van der Waals surface area contributed by atoms with Crippen molar-refractivity contribution in [2.75, 3.05) is 5.73 Å². The summed E-state index contributed by atoms with van der Waals surface area (Å²) in [6, 6.07) is 10.2. The molecule has 94 valence electrons. The Kier molecular flexibility index (Phi) is 3.63. The van der Waals surface area contributed by atoms with E-state index in [9.17, 15) is 0 Å². The Balaban J connectivity index is 2.25. The zero-order valence-electron chi connectivity index (χ0n) is 10.9. The minimum Gasteiger partial charge on any atom is -0.383 e. The lowest BCUT2D eigenvalue weighted by molar-refractivity contribution is 0.715. The first-order valence-electron chi connectivity index (χ1n) is 6.10. The standard InChI is InChI=1S/C15H19N3/c1-10-4-3-5-12(8-10)9-13(16)14-11(2)6-7-18-15(14)17/h3-8,13H,9,16H2,1-2H3,(H2,17,18). The maximum Gasteiger partial charge on any atom is 0.128 e. The second-order valence-electron chi connectivity index (χ2n) is 4.73. The molecule has 1 unspecified atom stereocenters. The van der Waals surface area contributed by atoms with Crippen LogP contribution in [0.2, 0.25) is 0 Å². The highest BCUT2D eigenvalue weighted by atomic mass is 14.8. The molecule has 0 amide bonds. The van der Waals surface area contributed by atoms with Gasteiger partial charge in [0, 0.05) is 17.8 Å². The number of benzene rings is 1. The zero-order valence-corrected chi connectivity index (χ0v) is 10.9. The highest BCUT2D eigenvalue weighted by molar-refractivity contribution is 5.46. The van der Waals surface area contributed by atoms with E-state index in [1.54, 1.807) is 6.20 Å². The van der Waals surface area contributed by atoms with Gasteiger partial charge in [0.2, 0.25) is 0 Å². The van der Waals surface area contributed by atoms with E-state index < -0.39 is 0 Å². The maximum absolute atomic E-state index is 6.26. The lowest BCUT2D eigenvalue weighted by atomic mass is 9.96. The molecule has 0 spiro atoms. The van der Waals surface area contributed by atoms with E-state index in [0.717, 1.165) is 17.5 Å². The van der Waals surface area contributed by atoms with Crippen LogP contribution in [-0.4, -0.2) is 4.98 Å². The minimum absolute atomic E-state index is 0.111. The fourth-order valence-electron chi connectivity index (χ4n) is 2.27. The monoisotopic (exact) mass is 241 g/mol.